The molecule has 150 valence electrons. The Kier molecular flexibility index (Phi) is 6.13. The molecule has 0 aliphatic carbocycles. The van der Waals surface area contributed by atoms with E-state index in [4.69, 9.17) is 13.9 Å². The molecule has 3 aromatic rings. The van der Waals surface area contributed by atoms with E-state index in [9.17, 15) is 14.9 Å². The standard InChI is InChI=1S/C21H20N2O6/c1-3-27-16-5-7-17(8-6-16)28-13-18-9-11-20(29-18)21(24)22-19-10-4-15(23(25)26)12-14(19)2/h4-12H,3,13H2,1-2H3,(H,22,24). The molecule has 0 unspecified atom stereocenters. The Morgan fingerprint density at radius 3 is 2.38 bits per heavy atom. The Morgan fingerprint density at radius 1 is 1.07 bits per heavy atom. The first-order chi connectivity index (χ1) is 14.0. The maximum Gasteiger partial charge on any atom is 0.291 e. The second kappa shape index (κ2) is 8.92. The molecular weight excluding hydrogens is 376 g/mol. The van der Waals surface area contributed by atoms with E-state index in [0.717, 1.165) is 5.75 Å². The zero-order chi connectivity index (χ0) is 20.8. The third kappa shape index (κ3) is 5.13. The molecule has 0 aliphatic heterocycles. The Balaban J connectivity index is 1.59. The number of amides is 1. The second-order valence-electron chi connectivity index (χ2n) is 6.17. The van der Waals surface area contributed by atoms with Gasteiger partial charge in [0.1, 0.15) is 23.9 Å². The molecule has 8 nitrogen and oxygen atoms in total. The van der Waals surface area contributed by atoms with Gasteiger partial charge >= 0.3 is 0 Å². The van der Waals surface area contributed by atoms with Crippen LogP contribution in [-0.4, -0.2) is 17.4 Å². The summed E-state index contributed by atoms with van der Waals surface area (Å²) in [4.78, 5) is 22.7. The fraction of sp³-hybridized carbons (Fsp3) is 0.190. The van der Waals surface area contributed by atoms with Crippen molar-refractivity contribution in [2.75, 3.05) is 11.9 Å². The van der Waals surface area contributed by atoms with Crippen molar-refractivity contribution in [3.8, 4) is 11.5 Å². The monoisotopic (exact) mass is 396 g/mol. The Labute approximate surface area is 167 Å². The number of nitro groups is 1. The highest BCUT2D eigenvalue weighted by atomic mass is 16.6. The lowest BCUT2D eigenvalue weighted by Gasteiger charge is -2.07. The minimum atomic E-state index is -0.484. The molecule has 3 rings (SSSR count). The number of benzene rings is 2. The molecule has 0 atom stereocenters. The maximum atomic E-state index is 12.4. The minimum Gasteiger partial charge on any atom is -0.494 e. The molecule has 1 amide bonds. The highest BCUT2D eigenvalue weighted by Crippen LogP contribution is 2.23. The number of hydrogen-bond acceptors (Lipinski definition) is 6. The predicted molar refractivity (Wildman–Crippen MR) is 106 cm³/mol. The van der Waals surface area contributed by atoms with Crippen molar-refractivity contribution < 1.29 is 23.6 Å². The fourth-order valence-electron chi connectivity index (χ4n) is 2.62. The zero-order valence-electron chi connectivity index (χ0n) is 16.0. The fourth-order valence-corrected chi connectivity index (χ4v) is 2.62. The van der Waals surface area contributed by atoms with Crippen LogP contribution in [-0.2, 0) is 6.61 Å². The van der Waals surface area contributed by atoms with Gasteiger partial charge in [-0.2, -0.15) is 0 Å². The molecule has 2 aromatic carbocycles. The van der Waals surface area contributed by atoms with Gasteiger partial charge < -0.3 is 19.2 Å². The molecule has 8 heteroatoms. The first-order valence-corrected chi connectivity index (χ1v) is 8.97. The van der Waals surface area contributed by atoms with Crippen LogP contribution in [0.25, 0.3) is 0 Å². The lowest BCUT2D eigenvalue weighted by atomic mass is 10.2. The summed E-state index contributed by atoms with van der Waals surface area (Å²) < 4.78 is 16.6. The number of hydrogen-bond donors (Lipinski definition) is 1. The van der Waals surface area contributed by atoms with Crippen molar-refractivity contribution in [3.05, 3.63) is 81.8 Å². The quantitative estimate of drug-likeness (QED) is 0.436. The van der Waals surface area contributed by atoms with E-state index in [1.165, 1.54) is 18.2 Å². The topological polar surface area (TPSA) is 104 Å². The highest BCUT2D eigenvalue weighted by Gasteiger charge is 2.15. The molecule has 0 saturated carbocycles. The first-order valence-electron chi connectivity index (χ1n) is 8.97. The SMILES string of the molecule is CCOc1ccc(OCc2ccc(C(=O)Nc3ccc([N+](=O)[O-])cc3C)o2)cc1. The van der Waals surface area contributed by atoms with Crippen molar-refractivity contribution in [2.45, 2.75) is 20.5 Å². The predicted octanol–water partition coefficient (Wildman–Crippen LogP) is 4.73. The zero-order valence-corrected chi connectivity index (χ0v) is 16.0. The van der Waals surface area contributed by atoms with E-state index in [1.54, 1.807) is 31.2 Å². The number of furan rings is 1. The number of ether oxygens (including phenoxy) is 2. The van der Waals surface area contributed by atoms with Crippen LogP contribution in [0, 0.1) is 17.0 Å². The van der Waals surface area contributed by atoms with Gasteiger partial charge in [0.25, 0.3) is 11.6 Å². The average molecular weight is 396 g/mol. The Morgan fingerprint density at radius 2 is 1.76 bits per heavy atom. The third-order valence-electron chi connectivity index (χ3n) is 4.07. The van der Waals surface area contributed by atoms with Crippen LogP contribution >= 0.6 is 0 Å². The van der Waals surface area contributed by atoms with Gasteiger partial charge in [-0.3, -0.25) is 14.9 Å². The lowest BCUT2D eigenvalue weighted by molar-refractivity contribution is -0.384. The van der Waals surface area contributed by atoms with Gasteiger partial charge in [0.2, 0.25) is 0 Å². The second-order valence-corrected chi connectivity index (χ2v) is 6.17. The number of carbonyl (C=O) groups is 1. The van der Waals surface area contributed by atoms with E-state index in [1.807, 2.05) is 19.1 Å². The number of rotatable bonds is 8. The van der Waals surface area contributed by atoms with Crippen LogP contribution in [0.5, 0.6) is 11.5 Å². The molecule has 1 N–H and O–H groups in total. The van der Waals surface area contributed by atoms with Crippen LogP contribution in [0.1, 0.15) is 28.8 Å². The Bertz CT molecular complexity index is 1010. The van der Waals surface area contributed by atoms with E-state index >= 15 is 0 Å². The molecule has 0 spiro atoms. The number of anilines is 1. The number of nitro benzene ring substituents is 1. The minimum absolute atomic E-state index is 0.0350. The molecule has 0 aliphatic rings. The van der Waals surface area contributed by atoms with Crippen LogP contribution in [0.4, 0.5) is 11.4 Å². The maximum absolute atomic E-state index is 12.4. The lowest BCUT2D eigenvalue weighted by Crippen LogP contribution is -2.12. The van der Waals surface area contributed by atoms with Crippen molar-refractivity contribution in [2.24, 2.45) is 0 Å². The van der Waals surface area contributed by atoms with E-state index in [2.05, 4.69) is 5.32 Å². The molecule has 0 bridgehead atoms. The first kappa shape index (κ1) is 19.9. The smallest absolute Gasteiger partial charge is 0.291 e. The number of nitrogens with zero attached hydrogens (tertiary/aromatic N) is 1. The van der Waals surface area contributed by atoms with E-state index in [-0.39, 0.29) is 18.1 Å². The number of non-ortho nitro benzene ring substituents is 1. The van der Waals surface area contributed by atoms with Gasteiger partial charge in [0, 0.05) is 17.8 Å². The third-order valence-corrected chi connectivity index (χ3v) is 4.07. The largest absolute Gasteiger partial charge is 0.494 e. The van der Waals surface area contributed by atoms with Crippen molar-refractivity contribution >= 4 is 17.3 Å². The molecular formula is C21H20N2O6. The van der Waals surface area contributed by atoms with Gasteiger partial charge in [-0.15, -0.1) is 0 Å². The molecule has 0 fully saturated rings. The average Bonchev–Trinajstić information content (AvgIpc) is 3.18. The highest BCUT2D eigenvalue weighted by molar-refractivity contribution is 6.02. The summed E-state index contributed by atoms with van der Waals surface area (Å²) in [6, 6.07) is 14.6. The van der Waals surface area contributed by atoms with Gasteiger partial charge in [-0.25, -0.2) is 0 Å². The summed E-state index contributed by atoms with van der Waals surface area (Å²) in [5.41, 5.74) is 1.02. The van der Waals surface area contributed by atoms with E-state index in [0.29, 0.717) is 29.4 Å². The van der Waals surface area contributed by atoms with Gasteiger partial charge in [-0.1, -0.05) is 0 Å². The van der Waals surface area contributed by atoms with E-state index < -0.39 is 10.8 Å². The Hall–Kier alpha value is -3.81. The van der Waals surface area contributed by atoms with Crippen LogP contribution in [0.3, 0.4) is 0 Å². The van der Waals surface area contributed by atoms with Crippen LogP contribution in [0.2, 0.25) is 0 Å². The van der Waals surface area contributed by atoms with Gasteiger partial charge in [-0.05, 0) is 61.9 Å². The summed E-state index contributed by atoms with van der Waals surface area (Å²) in [5, 5.41) is 13.5. The number of nitrogens with one attached hydrogen (secondary N) is 1. The molecule has 29 heavy (non-hydrogen) atoms. The van der Waals surface area contributed by atoms with Gasteiger partial charge in [0.15, 0.2) is 5.76 Å². The van der Waals surface area contributed by atoms with Crippen LogP contribution in [0.15, 0.2) is 59.0 Å². The summed E-state index contributed by atoms with van der Waals surface area (Å²) in [5.74, 6) is 1.57. The normalized spacial score (nSPS) is 10.4. The summed E-state index contributed by atoms with van der Waals surface area (Å²) in [7, 11) is 0. The summed E-state index contributed by atoms with van der Waals surface area (Å²) in [6.45, 7) is 4.35. The van der Waals surface area contributed by atoms with Crippen molar-refractivity contribution in [1.82, 2.24) is 0 Å². The molecule has 1 heterocycles. The molecule has 0 radical (unpaired) electrons. The summed E-state index contributed by atoms with van der Waals surface area (Å²) >= 11 is 0. The number of carbonyl (C=O) groups excluding carboxylic acids is 1. The van der Waals surface area contributed by atoms with Crippen LogP contribution < -0.4 is 14.8 Å². The molecule has 0 saturated heterocycles. The van der Waals surface area contributed by atoms with Gasteiger partial charge in [0.05, 0.1) is 11.5 Å². The molecule has 1 aromatic heterocycles. The van der Waals surface area contributed by atoms with Crippen molar-refractivity contribution in [3.63, 3.8) is 0 Å². The van der Waals surface area contributed by atoms with Crippen molar-refractivity contribution in [1.29, 1.82) is 0 Å². The summed E-state index contributed by atoms with van der Waals surface area (Å²) in [6.07, 6.45) is 0. The number of aryl methyl sites for hydroxylation is 1.